The Balaban J connectivity index is 2.14. The molecule has 7 heteroatoms. The van der Waals surface area contributed by atoms with Crippen molar-refractivity contribution in [1.82, 2.24) is 4.98 Å². The van der Waals surface area contributed by atoms with Gasteiger partial charge in [0, 0.05) is 12.4 Å². The van der Waals surface area contributed by atoms with E-state index in [9.17, 15) is 13.2 Å². The van der Waals surface area contributed by atoms with Gasteiger partial charge in [-0.15, -0.1) is 0 Å². The van der Waals surface area contributed by atoms with E-state index < -0.39 is 16.0 Å². The molecule has 1 aromatic heterocycles. The van der Waals surface area contributed by atoms with Crippen molar-refractivity contribution in [2.75, 3.05) is 4.72 Å². The number of nitrogens with one attached hydrogen (secondary N) is 1. The summed E-state index contributed by atoms with van der Waals surface area (Å²) >= 11 is 0. The van der Waals surface area contributed by atoms with Gasteiger partial charge in [-0.05, 0) is 36.2 Å². The van der Waals surface area contributed by atoms with Crippen LogP contribution in [-0.4, -0.2) is 24.5 Å². The summed E-state index contributed by atoms with van der Waals surface area (Å²) in [5.74, 6) is -1.27. The van der Waals surface area contributed by atoms with Crippen LogP contribution in [0.1, 0.15) is 21.5 Å². The summed E-state index contributed by atoms with van der Waals surface area (Å²) in [6.07, 6.45) is 3.08. The highest BCUT2D eigenvalue weighted by molar-refractivity contribution is 7.91. The molecule has 0 fully saturated rings. The van der Waals surface area contributed by atoms with E-state index in [1.54, 1.807) is 19.2 Å². The number of aryl methyl sites for hydroxylation is 1. The lowest BCUT2D eigenvalue weighted by atomic mass is 10.1. The van der Waals surface area contributed by atoms with Crippen LogP contribution in [0.4, 0.5) is 5.69 Å². The highest BCUT2D eigenvalue weighted by Crippen LogP contribution is 2.16. The van der Waals surface area contributed by atoms with Crippen molar-refractivity contribution < 1.29 is 18.3 Å². The highest BCUT2D eigenvalue weighted by atomic mass is 32.2. The molecule has 110 valence electrons. The molecular formula is C14H14N2O4S. The first-order chi connectivity index (χ1) is 9.87. The molecule has 0 amide bonds. The molecule has 0 unspecified atom stereocenters. The van der Waals surface area contributed by atoms with Gasteiger partial charge >= 0.3 is 5.97 Å². The minimum Gasteiger partial charge on any atom is -0.478 e. The third kappa shape index (κ3) is 4.03. The van der Waals surface area contributed by atoms with Gasteiger partial charge in [-0.2, -0.15) is 0 Å². The van der Waals surface area contributed by atoms with Crippen LogP contribution in [0, 0.1) is 6.92 Å². The quantitative estimate of drug-likeness (QED) is 0.881. The van der Waals surface area contributed by atoms with Crippen molar-refractivity contribution in [3.05, 3.63) is 59.4 Å². The number of benzene rings is 1. The molecule has 1 heterocycles. The van der Waals surface area contributed by atoms with Crippen molar-refractivity contribution in [2.24, 2.45) is 0 Å². The Morgan fingerprint density at radius 1 is 1.24 bits per heavy atom. The molecule has 2 aromatic rings. The van der Waals surface area contributed by atoms with Gasteiger partial charge in [0.25, 0.3) is 0 Å². The number of carboxylic acids is 1. The van der Waals surface area contributed by atoms with Crippen molar-refractivity contribution in [3.8, 4) is 0 Å². The summed E-state index contributed by atoms with van der Waals surface area (Å²) < 4.78 is 26.7. The molecule has 0 aliphatic heterocycles. The van der Waals surface area contributed by atoms with Crippen molar-refractivity contribution >= 4 is 21.7 Å². The fourth-order valence-electron chi connectivity index (χ4n) is 1.75. The second-order valence-corrected chi connectivity index (χ2v) is 6.28. The zero-order chi connectivity index (χ0) is 15.5. The first kappa shape index (κ1) is 15.0. The topological polar surface area (TPSA) is 96.4 Å². The van der Waals surface area contributed by atoms with Crippen LogP contribution in [0.5, 0.6) is 0 Å². The number of nitrogens with zero attached hydrogens (tertiary/aromatic N) is 1. The molecule has 0 spiro atoms. The Morgan fingerprint density at radius 2 is 1.90 bits per heavy atom. The Morgan fingerprint density at radius 3 is 2.48 bits per heavy atom. The van der Waals surface area contributed by atoms with Gasteiger partial charge in [-0.25, -0.2) is 13.2 Å². The minimum absolute atomic E-state index is 0.120. The molecule has 0 bridgehead atoms. The largest absolute Gasteiger partial charge is 0.478 e. The second-order valence-electron chi connectivity index (χ2n) is 4.55. The number of sulfonamides is 1. The van der Waals surface area contributed by atoms with Crippen LogP contribution >= 0.6 is 0 Å². The average molecular weight is 306 g/mol. The molecule has 0 atom stereocenters. The molecule has 0 saturated carbocycles. The van der Waals surface area contributed by atoms with Crippen molar-refractivity contribution in [1.29, 1.82) is 0 Å². The van der Waals surface area contributed by atoms with Gasteiger partial charge in [-0.3, -0.25) is 9.71 Å². The van der Waals surface area contributed by atoms with Gasteiger partial charge in [0.05, 0.1) is 17.0 Å². The molecule has 2 rings (SSSR count). The molecular weight excluding hydrogens is 292 g/mol. The number of hydrogen-bond acceptors (Lipinski definition) is 4. The zero-order valence-corrected chi connectivity index (χ0v) is 12.1. The fourth-order valence-corrected chi connectivity index (χ4v) is 3.02. The maximum Gasteiger partial charge on any atom is 0.335 e. The summed E-state index contributed by atoms with van der Waals surface area (Å²) in [6.45, 7) is 1.76. The van der Waals surface area contributed by atoms with E-state index in [-0.39, 0.29) is 11.3 Å². The number of rotatable bonds is 5. The van der Waals surface area contributed by atoms with E-state index in [0.717, 1.165) is 5.56 Å². The summed E-state index contributed by atoms with van der Waals surface area (Å²) in [5, 5.41) is 8.80. The van der Waals surface area contributed by atoms with E-state index in [1.165, 1.54) is 30.5 Å². The molecule has 0 saturated heterocycles. The molecule has 2 N–H and O–H groups in total. The normalized spacial score (nSPS) is 11.1. The Bertz CT molecular complexity index is 755. The fraction of sp³-hybridized carbons (Fsp3) is 0.143. The lowest BCUT2D eigenvalue weighted by Gasteiger charge is -2.10. The molecule has 0 radical (unpaired) electrons. The smallest absolute Gasteiger partial charge is 0.335 e. The number of aromatic nitrogens is 1. The number of aromatic carboxylic acids is 1. The molecule has 0 aliphatic rings. The van der Waals surface area contributed by atoms with Crippen LogP contribution < -0.4 is 4.72 Å². The third-order valence-electron chi connectivity index (χ3n) is 2.84. The Kier molecular flexibility index (Phi) is 4.23. The average Bonchev–Trinajstić information content (AvgIpc) is 2.41. The lowest BCUT2D eigenvalue weighted by molar-refractivity contribution is 0.0697. The highest BCUT2D eigenvalue weighted by Gasteiger charge is 2.13. The number of anilines is 1. The molecule has 21 heavy (non-hydrogen) atoms. The molecule has 6 nitrogen and oxygen atoms in total. The zero-order valence-electron chi connectivity index (χ0n) is 11.3. The van der Waals surface area contributed by atoms with E-state index in [2.05, 4.69) is 9.71 Å². The Hall–Kier alpha value is -2.41. The molecule has 0 aliphatic carbocycles. The van der Waals surface area contributed by atoms with Crippen LogP contribution in [-0.2, 0) is 15.8 Å². The lowest BCUT2D eigenvalue weighted by Crippen LogP contribution is -2.16. The summed E-state index contributed by atoms with van der Waals surface area (Å²) in [5.41, 5.74) is 1.84. The van der Waals surface area contributed by atoms with Crippen molar-refractivity contribution in [3.63, 3.8) is 0 Å². The van der Waals surface area contributed by atoms with E-state index >= 15 is 0 Å². The molecule has 1 aromatic carbocycles. The van der Waals surface area contributed by atoms with Gasteiger partial charge in [0.2, 0.25) is 10.0 Å². The Labute approximate surface area is 122 Å². The van der Waals surface area contributed by atoms with Gasteiger partial charge in [0.15, 0.2) is 0 Å². The summed E-state index contributed by atoms with van der Waals surface area (Å²) in [4.78, 5) is 14.6. The first-order valence-electron chi connectivity index (χ1n) is 6.11. The maximum atomic E-state index is 12.1. The van der Waals surface area contributed by atoms with E-state index in [0.29, 0.717) is 11.3 Å². The van der Waals surface area contributed by atoms with Gasteiger partial charge < -0.3 is 5.11 Å². The first-order valence-corrected chi connectivity index (χ1v) is 7.76. The second kappa shape index (κ2) is 5.92. The standard InChI is InChI=1S/C14H14N2O4S/c1-10-8-15-7-6-13(10)16-21(19,20)9-11-2-4-12(5-3-11)14(17)18/h2-8H,9H2,1H3,(H,15,16)(H,17,18). The van der Waals surface area contributed by atoms with E-state index in [1.807, 2.05) is 0 Å². The monoisotopic (exact) mass is 306 g/mol. The SMILES string of the molecule is Cc1cnccc1NS(=O)(=O)Cc1ccc(C(=O)O)cc1. The van der Waals surface area contributed by atoms with Gasteiger partial charge in [0.1, 0.15) is 0 Å². The van der Waals surface area contributed by atoms with Crippen LogP contribution in [0.3, 0.4) is 0 Å². The number of pyridine rings is 1. The predicted molar refractivity (Wildman–Crippen MR) is 78.6 cm³/mol. The third-order valence-corrected chi connectivity index (χ3v) is 4.09. The minimum atomic E-state index is -3.57. The number of carboxylic acid groups (broad SMARTS) is 1. The predicted octanol–water partition coefficient (Wildman–Crippen LogP) is 2.03. The van der Waals surface area contributed by atoms with Crippen LogP contribution in [0.25, 0.3) is 0 Å². The van der Waals surface area contributed by atoms with E-state index in [4.69, 9.17) is 5.11 Å². The maximum absolute atomic E-state index is 12.1. The summed E-state index contributed by atoms with van der Waals surface area (Å²) in [6, 6.07) is 7.32. The summed E-state index contributed by atoms with van der Waals surface area (Å²) in [7, 11) is -3.57. The van der Waals surface area contributed by atoms with Crippen LogP contribution in [0.15, 0.2) is 42.7 Å². The van der Waals surface area contributed by atoms with Crippen molar-refractivity contribution in [2.45, 2.75) is 12.7 Å². The number of carbonyl (C=O) groups is 1. The van der Waals surface area contributed by atoms with Gasteiger partial charge in [-0.1, -0.05) is 12.1 Å². The van der Waals surface area contributed by atoms with Crippen LogP contribution in [0.2, 0.25) is 0 Å². The number of hydrogen-bond donors (Lipinski definition) is 2.